The molecule has 1 fully saturated rings. The molecule has 8 nitrogen and oxygen atoms in total. The van der Waals surface area contributed by atoms with Gasteiger partial charge in [0.1, 0.15) is 11.9 Å². The molecule has 38 heavy (non-hydrogen) atoms. The Morgan fingerprint density at radius 2 is 2.05 bits per heavy atom. The van der Waals surface area contributed by atoms with Crippen molar-refractivity contribution in [2.75, 3.05) is 51.5 Å². The number of halogens is 1. The van der Waals surface area contributed by atoms with E-state index in [2.05, 4.69) is 14.9 Å². The molecule has 1 amide bonds. The van der Waals surface area contributed by atoms with Gasteiger partial charge in [-0.2, -0.15) is 0 Å². The van der Waals surface area contributed by atoms with Crippen molar-refractivity contribution in [1.29, 1.82) is 0 Å². The van der Waals surface area contributed by atoms with Crippen LogP contribution in [0.2, 0.25) is 0 Å². The molecule has 1 saturated heterocycles. The van der Waals surface area contributed by atoms with Gasteiger partial charge in [-0.05, 0) is 69.1 Å². The van der Waals surface area contributed by atoms with Gasteiger partial charge in [0.15, 0.2) is 0 Å². The smallest absolute Gasteiger partial charge is 0.249 e. The van der Waals surface area contributed by atoms with Crippen LogP contribution in [0.4, 0.5) is 10.1 Å². The van der Waals surface area contributed by atoms with Gasteiger partial charge < -0.3 is 14.5 Å². The predicted octanol–water partition coefficient (Wildman–Crippen LogP) is 4.88. The maximum Gasteiger partial charge on any atom is 0.249 e. The quantitative estimate of drug-likeness (QED) is 0.202. The summed E-state index contributed by atoms with van der Waals surface area (Å²) >= 11 is 1.70. The molecule has 3 aromatic rings. The van der Waals surface area contributed by atoms with Crippen LogP contribution in [0, 0.1) is 5.41 Å². The van der Waals surface area contributed by atoms with Crippen LogP contribution < -0.4 is 15.1 Å². The number of nitrogens with zero attached hydrogens (tertiary/aromatic N) is 4. The number of aromatic nitrogens is 2. The first-order valence-corrected chi connectivity index (χ1v) is 13.8. The van der Waals surface area contributed by atoms with E-state index >= 15 is 4.39 Å². The van der Waals surface area contributed by atoms with E-state index in [0.717, 1.165) is 17.3 Å². The number of alkyl halides is 1. The van der Waals surface area contributed by atoms with Crippen LogP contribution in [-0.2, 0) is 4.79 Å². The SMILES string of the molecule is COc1ccc2ncc(N(C)C)c(C(F)CCC3(C(=O)NO)CCN(CCSc4ccccn4)CC3)c2c1. The van der Waals surface area contributed by atoms with Gasteiger partial charge in [0.2, 0.25) is 5.91 Å². The van der Waals surface area contributed by atoms with E-state index in [4.69, 9.17) is 4.74 Å². The Kier molecular flexibility index (Phi) is 9.40. The Bertz CT molecular complexity index is 1220. The number of fused-ring (bicyclic) bond motifs is 1. The zero-order chi connectivity index (χ0) is 27.1. The van der Waals surface area contributed by atoms with Crippen LogP contribution in [0.5, 0.6) is 5.75 Å². The minimum Gasteiger partial charge on any atom is -0.497 e. The average Bonchev–Trinajstić information content (AvgIpc) is 2.95. The number of carbonyl (C=O) groups is 1. The first kappa shape index (κ1) is 28.1. The highest BCUT2D eigenvalue weighted by molar-refractivity contribution is 7.99. The highest BCUT2D eigenvalue weighted by Crippen LogP contribution is 2.43. The fourth-order valence-corrected chi connectivity index (χ4v) is 6.04. The molecule has 10 heteroatoms. The van der Waals surface area contributed by atoms with Crippen LogP contribution in [0.25, 0.3) is 10.9 Å². The van der Waals surface area contributed by atoms with Gasteiger partial charge in [-0.1, -0.05) is 6.07 Å². The number of hydrogen-bond donors (Lipinski definition) is 2. The molecule has 0 saturated carbocycles. The van der Waals surface area contributed by atoms with Crippen molar-refractivity contribution in [3.63, 3.8) is 0 Å². The summed E-state index contributed by atoms with van der Waals surface area (Å²) < 4.78 is 21.5. The van der Waals surface area contributed by atoms with E-state index in [0.29, 0.717) is 60.3 Å². The summed E-state index contributed by atoms with van der Waals surface area (Å²) in [6, 6.07) is 11.3. The van der Waals surface area contributed by atoms with Crippen molar-refractivity contribution in [3.05, 3.63) is 54.4 Å². The molecule has 1 unspecified atom stereocenters. The van der Waals surface area contributed by atoms with Crippen LogP contribution in [-0.4, -0.2) is 72.6 Å². The Balaban J connectivity index is 1.45. The molecule has 1 aliphatic rings. The van der Waals surface area contributed by atoms with Gasteiger partial charge in [0.05, 0.1) is 35.0 Å². The number of likely N-dealkylation sites (tertiary alicyclic amines) is 1. The molecular formula is C28H36FN5O3S. The number of hydrogen-bond acceptors (Lipinski definition) is 8. The lowest BCUT2D eigenvalue weighted by atomic mass is 9.73. The van der Waals surface area contributed by atoms with E-state index in [-0.39, 0.29) is 6.42 Å². The fraction of sp³-hybridized carbons (Fsp3) is 0.464. The molecule has 1 atom stereocenters. The van der Waals surface area contributed by atoms with Crippen molar-refractivity contribution < 1.29 is 19.1 Å². The molecule has 2 aromatic heterocycles. The van der Waals surface area contributed by atoms with Gasteiger partial charge >= 0.3 is 0 Å². The second-order valence-electron chi connectivity index (χ2n) is 9.92. The monoisotopic (exact) mass is 541 g/mol. The van der Waals surface area contributed by atoms with E-state index < -0.39 is 17.5 Å². The summed E-state index contributed by atoms with van der Waals surface area (Å²) in [5.41, 5.74) is 2.98. The Hall–Kier alpha value is -2.95. The molecule has 0 spiro atoms. The molecule has 1 aliphatic heterocycles. The lowest BCUT2D eigenvalue weighted by molar-refractivity contribution is -0.143. The van der Waals surface area contributed by atoms with E-state index in [1.54, 1.807) is 31.3 Å². The summed E-state index contributed by atoms with van der Waals surface area (Å²) in [6.45, 7) is 2.30. The van der Waals surface area contributed by atoms with Crippen LogP contribution in [0.3, 0.4) is 0 Å². The zero-order valence-corrected chi connectivity index (χ0v) is 23.0. The second-order valence-corrected chi connectivity index (χ2v) is 11.0. The number of pyridine rings is 2. The highest BCUT2D eigenvalue weighted by atomic mass is 32.2. The number of thioether (sulfide) groups is 1. The van der Waals surface area contributed by atoms with Crippen molar-refractivity contribution in [1.82, 2.24) is 20.3 Å². The number of benzene rings is 1. The van der Waals surface area contributed by atoms with Crippen molar-refractivity contribution in [2.24, 2.45) is 5.41 Å². The molecular weight excluding hydrogens is 505 g/mol. The van der Waals surface area contributed by atoms with Gasteiger partial charge in [-0.3, -0.25) is 15.0 Å². The third kappa shape index (κ3) is 6.36. The largest absolute Gasteiger partial charge is 0.497 e. The van der Waals surface area contributed by atoms with Gasteiger partial charge in [-0.25, -0.2) is 14.9 Å². The number of amides is 1. The maximum atomic E-state index is 16.1. The van der Waals surface area contributed by atoms with Crippen LogP contribution in [0.15, 0.2) is 53.8 Å². The molecule has 0 radical (unpaired) electrons. The molecule has 4 rings (SSSR count). The Morgan fingerprint density at radius 3 is 2.71 bits per heavy atom. The highest BCUT2D eigenvalue weighted by Gasteiger charge is 2.41. The second kappa shape index (κ2) is 12.7. The third-order valence-corrected chi connectivity index (χ3v) is 8.38. The Morgan fingerprint density at radius 1 is 1.26 bits per heavy atom. The summed E-state index contributed by atoms with van der Waals surface area (Å²) in [5, 5.41) is 11.2. The molecule has 204 valence electrons. The molecule has 0 bridgehead atoms. The van der Waals surface area contributed by atoms with Crippen LogP contribution >= 0.6 is 11.8 Å². The number of nitrogens with one attached hydrogen (secondary N) is 1. The van der Waals surface area contributed by atoms with E-state index in [9.17, 15) is 10.0 Å². The summed E-state index contributed by atoms with van der Waals surface area (Å²) in [6.07, 6.45) is 3.76. The van der Waals surface area contributed by atoms with Gasteiger partial charge in [0, 0.05) is 43.5 Å². The van der Waals surface area contributed by atoms with Crippen LogP contribution in [0.1, 0.15) is 37.4 Å². The minimum atomic E-state index is -1.32. The first-order chi connectivity index (χ1) is 18.4. The summed E-state index contributed by atoms with van der Waals surface area (Å²) in [7, 11) is 5.31. The zero-order valence-electron chi connectivity index (χ0n) is 22.2. The molecule has 3 heterocycles. The molecule has 0 aliphatic carbocycles. The van der Waals surface area contributed by atoms with Gasteiger partial charge in [-0.15, -0.1) is 11.8 Å². The normalized spacial score (nSPS) is 16.2. The Labute approximate surface area is 227 Å². The average molecular weight is 542 g/mol. The number of methoxy groups -OCH3 is 1. The topological polar surface area (TPSA) is 90.8 Å². The number of rotatable bonds is 11. The number of piperidine rings is 1. The lowest BCUT2D eigenvalue weighted by Crippen LogP contribution is -2.48. The first-order valence-electron chi connectivity index (χ1n) is 12.9. The minimum absolute atomic E-state index is 0.153. The number of hydroxylamine groups is 1. The van der Waals surface area contributed by atoms with E-state index in [1.807, 2.05) is 60.9 Å². The maximum absolute atomic E-state index is 16.1. The number of carbonyl (C=O) groups excluding carboxylic acids is 1. The molecule has 1 aromatic carbocycles. The third-order valence-electron chi connectivity index (χ3n) is 7.46. The van der Waals surface area contributed by atoms with E-state index in [1.165, 1.54) is 0 Å². The predicted molar refractivity (Wildman–Crippen MR) is 149 cm³/mol. The lowest BCUT2D eigenvalue weighted by Gasteiger charge is -2.40. The van der Waals surface area contributed by atoms with Gasteiger partial charge in [0.25, 0.3) is 0 Å². The summed E-state index contributed by atoms with van der Waals surface area (Å²) in [5.74, 6) is 1.10. The van der Waals surface area contributed by atoms with Crippen molar-refractivity contribution >= 4 is 34.3 Å². The fourth-order valence-electron chi connectivity index (χ4n) is 5.17. The number of anilines is 1. The van der Waals surface area contributed by atoms with Crippen molar-refractivity contribution in [3.8, 4) is 5.75 Å². The molecule has 2 N–H and O–H groups in total. The van der Waals surface area contributed by atoms with Crippen molar-refractivity contribution in [2.45, 2.75) is 36.9 Å². The summed E-state index contributed by atoms with van der Waals surface area (Å²) in [4.78, 5) is 25.9. The number of ether oxygens (including phenoxy) is 1. The standard InChI is InChI=1S/C28H36FN5O3S/c1-33(2)24-19-31-23-8-7-20(37-3)18-21(23)26(24)22(29)9-10-28(27(35)32-36)11-14-34(15-12-28)16-17-38-25-6-4-5-13-30-25/h4-8,13,18-19,22,36H,9-12,14-17H2,1-3H3,(H,32,35).